The molecule has 0 amide bonds. The first-order valence-electron chi connectivity index (χ1n) is 8.89. The number of benzene rings is 1. The molecule has 0 bridgehead atoms. The van der Waals surface area contributed by atoms with Crippen molar-refractivity contribution in [3.8, 4) is 0 Å². The molecule has 27 heavy (non-hydrogen) atoms. The predicted octanol–water partition coefficient (Wildman–Crippen LogP) is 6.60. The Morgan fingerprint density at radius 1 is 1.26 bits per heavy atom. The maximum atomic E-state index is 6.15. The predicted molar refractivity (Wildman–Crippen MR) is 117 cm³/mol. The van der Waals surface area contributed by atoms with Crippen LogP contribution in [0.4, 0.5) is 0 Å². The molecule has 3 heterocycles. The Kier molecular flexibility index (Phi) is 5.72. The van der Waals surface area contributed by atoms with Gasteiger partial charge in [-0.3, -0.25) is 0 Å². The summed E-state index contributed by atoms with van der Waals surface area (Å²) in [5, 5.41) is 3.91. The van der Waals surface area contributed by atoms with Crippen molar-refractivity contribution in [3.63, 3.8) is 0 Å². The van der Waals surface area contributed by atoms with Gasteiger partial charge in [0.25, 0.3) is 0 Å². The standard InChI is InChI=1S/C20H21ClN2OS3/c1-4-20(2)9-14-15(10-24-20)27-18-16(14)17(22-19(23-18)25-3)26-11-12-5-7-13(21)8-6-12/h5-8H,4,9-11H2,1-3H3/t20-/m1/s1. The zero-order valence-electron chi connectivity index (χ0n) is 15.5. The molecule has 2 aromatic heterocycles. The first kappa shape index (κ1) is 19.5. The van der Waals surface area contributed by atoms with Gasteiger partial charge in [0.1, 0.15) is 9.86 Å². The number of rotatable bonds is 5. The van der Waals surface area contributed by atoms with E-state index in [-0.39, 0.29) is 5.60 Å². The Morgan fingerprint density at radius 3 is 2.74 bits per heavy atom. The molecule has 0 spiro atoms. The first-order chi connectivity index (χ1) is 13.0. The number of thiophene rings is 1. The van der Waals surface area contributed by atoms with Gasteiger partial charge in [-0.1, -0.05) is 42.4 Å². The van der Waals surface area contributed by atoms with Crippen LogP contribution in [-0.2, 0) is 23.5 Å². The van der Waals surface area contributed by atoms with Crippen LogP contribution in [0.15, 0.2) is 34.4 Å². The third-order valence-electron chi connectivity index (χ3n) is 5.00. The molecule has 1 aromatic carbocycles. The molecule has 0 unspecified atom stereocenters. The molecular weight excluding hydrogens is 416 g/mol. The Labute approximate surface area is 177 Å². The Hall–Kier alpha value is -0.790. The summed E-state index contributed by atoms with van der Waals surface area (Å²) in [6.45, 7) is 5.08. The number of hydrogen-bond donors (Lipinski definition) is 0. The number of thioether (sulfide) groups is 2. The quantitative estimate of drug-likeness (QED) is 0.255. The van der Waals surface area contributed by atoms with Gasteiger partial charge < -0.3 is 4.74 Å². The minimum atomic E-state index is -0.0999. The van der Waals surface area contributed by atoms with E-state index in [4.69, 9.17) is 26.3 Å². The highest BCUT2D eigenvalue weighted by Crippen LogP contribution is 2.43. The summed E-state index contributed by atoms with van der Waals surface area (Å²) >= 11 is 11.1. The second-order valence-corrected chi connectivity index (χ2v) is 10.1. The highest BCUT2D eigenvalue weighted by molar-refractivity contribution is 7.99. The first-order valence-corrected chi connectivity index (χ1v) is 12.3. The van der Waals surface area contributed by atoms with Gasteiger partial charge in [0.2, 0.25) is 0 Å². The molecule has 7 heteroatoms. The monoisotopic (exact) mass is 436 g/mol. The maximum Gasteiger partial charge on any atom is 0.189 e. The summed E-state index contributed by atoms with van der Waals surface area (Å²) in [6, 6.07) is 8.04. The van der Waals surface area contributed by atoms with Crippen molar-refractivity contribution in [2.24, 2.45) is 0 Å². The highest BCUT2D eigenvalue weighted by atomic mass is 35.5. The van der Waals surface area contributed by atoms with Crippen LogP contribution in [0.5, 0.6) is 0 Å². The third kappa shape index (κ3) is 4.01. The molecule has 1 aliphatic heterocycles. The van der Waals surface area contributed by atoms with E-state index in [0.717, 1.165) is 38.6 Å². The van der Waals surface area contributed by atoms with E-state index in [1.54, 1.807) is 34.9 Å². The van der Waals surface area contributed by atoms with Crippen LogP contribution in [-0.4, -0.2) is 21.8 Å². The number of aromatic nitrogens is 2. The highest BCUT2D eigenvalue weighted by Gasteiger charge is 2.33. The van der Waals surface area contributed by atoms with Gasteiger partial charge in [-0.05, 0) is 42.9 Å². The molecule has 4 rings (SSSR count). The Morgan fingerprint density at radius 2 is 2.04 bits per heavy atom. The average molecular weight is 437 g/mol. The van der Waals surface area contributed by atoms with Gasteiger partial charge in [-0.15, -0.1) is 23.1 Å². The number of nitrogens with zero attached hydrogens (tertiary/aromatic N) is 2. The summed E-state index contributed by atoms with van der Waals surface area (Å²) in [5.74, 6) is 0.864. The normalized spacial score (nSPS) is 19.4. The summed E-state index contributed by atoms with van der Waals surface area (Å²) in [5.41, 5.74) is 2.53. The topological polar surface area (TPSA) is 35.0 Å². The number of fused-ring (bicyclic) bond motifs is 3. The van der Waals surface area contributed by atoms with Crippen molar-refractivity contribution < 1.29 is 4.74 Å². The van der Waals surface area contributed by atoms with Crippen molar-refractivity contribution in [2.45, 2.75) is 54.8 Å². The summed E-state index contributed by atoms with van der Waals surface area (Å²) in [7, 11) is 0. The van der Waals surface area contributed by atoms with Crippen LogP contribution < -0.4 is 0 Å². The van der Waals surface area contributed by atoms with E-state index in [9.17, 15) is 0 Å². The van der Waals surface area contributed by atoms with Crippen LogP contribution in [0.3, 0.4) is 0 Å². The van der Waals surface area contributed by atoms with E-state index in [1.807, 2.05) is 18.4 Å². The SMILES string of the molecule is CC[C@]1(C)Cc2c(sc3nc(SC)nc(SCc4ccc(Cl)cc4)c23)CO1. The van der Waals surface area contributed by atoms with Gasteiger partial charge in [0, 0.05) is 27.5 Å². The zero-order chi connectivity index (χ0) is 19.0. The maximum absolute atomic E-state index is 6.15. The van der Waals surface area contributed by atoms with Crippen molar-refractivity contribution in [3.05, 3.63) is 45.3 Å². The van der Waals surface area contributed by atoms with Gasteiger partial charge in [-0.2, -0.15) is 0 Å². The lowest BCUT2D eigenvalue weighted by Crippen LogP contribution is -2.33. The molecule has 3 nitrogen and oxygen atoms in total. The molecule has 142 valence electrons. The molecule has 1 aliphatic rings. The smallest absolute Gasteiger partial charge is 0.189 e. The van der Waals surface area contributed by atoms with E-state index in [1.165, 1.54) is 21.4 Å². The molecule has 0 saturated carbocycles. The lowest BCUT2D eigenvalue weighted by molar-refractivity contribution is -0.0543. The van der Waals surface area contributed by atoms with Crippen molar-refractivity contribution in [2.75, 3.05) is 6.26 Å². The second-order valence-electron chi connectivity index (χ2n) is 6.88. The molecular formula is C20H21ClN2OS3. The van der Waals surface area contributed by atoms with Crippen LogP contribution in [0, 0.1) is 0 Å². The van der Waals surface area contributed by atoms with E-state index in [0.29, 0.717) is 6.61 Å². The van der Waals surface area contributed by atoms with Crippen molar-refractivity contribution in [1.29, 1.82) is 0 Å². The van der Waals surface area contributed by atoms with Crippen LogP contribution in [0.25, 0.3) is 10.2 Å². The van der Waals surface area contributed by atoms with E-state index in [2.05, 4.69) is 26.0 Å². The van der Waals surface area contributed by atoms with E-state index < -0.39 is 0 Å². The third-order valence-corrected chi connectivity index (χ3v) is 7.95. The molecule has 0 N–H and O–H groups in total. The fourth-order valence-electron chi connectivity index (χ4n) is 3.18. The van der Waals surface area contributed by atoms with Gasteiger partial charge >= 0.3 is 0 Å². The summed E-state index contributed by atoms with van der Waals surface area (Å²) in [4.78, 5) is 12.0. The fraction of sp³-hybridized carbons (Fsp3) is 0.400. The second kappa shape index (κ2) is 7.91. The van der Waals surface area contributed by atoms with Gasteiger partial charge in [0.15, 0.2) is 5.16 Å². The lowest BCUT2D eigenvalue weighted by atomic mass is 9.90. The minimum absolute atomic E-state index is 0.0999. The minimum Gasteiger partial charge on any atom is -0.369 e. The van der Waals surface area contributed by atoms with Crippen LogP contribution in [0.1, 0.15) is 36.3 Å². The van der Waals surface area contributed by atoms with Crippen molar-refractivity contribution in [1.82, 2.24) is 9.97 Å². The number of hydrogen-bond acceptors (Lipinski definition) is 6. The summed E-state index contributed by atoms with van der Waals surface area (Å²) < 4.78 is 6.15. The summed E-state index contributed by atoms with van der Waals surface area (Å²) in [6.07, 6.45) is 3.95. The Balaban J connectivity index is 1.74. The molecule has 0 fully saturated rings. The Bertz CT molecular complexity index is 974. The van der Waals surface area contributed by atoms with Gasteiger partial charge in [0.05, 0.1) is 12.2 Å². The lowest BCUT2D eigenvalue weighted by Gasteiger charge is -2.33. The molecule has 0 aliphatic carbocycles. The van der Waals surface area contributed by atoms with Gasteiger partial charge in [-0.25, -0.2) is 9.97 Å². The fourth-order valence-corrected chi connectivity index (χ4v) is 5.96. The zero-order valence-corrected chi connectivity index (χ0v) is 18.7. The van der Waals surface area contributed by atoms with Crippen LogP contribution >= 0.6 is 46.5 Å². The van der Waals surface area contributed by atoms with E-state index >= 15 is 0 Å². The molecule has 0 saturated heterocycles. The number of halogens is 1. The largest absolute Gasteiger partial charge is 0.369 e. The van der Waals surface area contributed by atoms with Crippen molar-refractivity contribution >= 4 is 56.7 Å². The number of ether oxygens (including phenoxy) is 1. The average Bonchev–Trinajstić information content (AvgIpc) is 3.04. The molecule has 0 radical (unpaired) electrons. The molecule has 3 aromatic rings. The molecule has 1 atom stereocenters. The van der Waals surface area contributed by atoms with Crippen LogP contribution in [0.2, 0.25) is 5.02 Å².